The Morgan fingerprint density at radius 2 is 2.19 bits per heavy atom. The van der Waals surface area contributed by atoms with Gasteiger partial charge in [-0.25, -0.2) is 4.79 Å². The summed E-state index contributed by atoms with van der Waals surface area (Å²) in [4.78, 5) is 24.6. The molecule has 1 aromatic heterocycles. The predicted molar refractivity (Wildman–Crippen MR) is 57.3 cm³/mol. The lowest BCUT2D eigenvalue weighted by molar-refractivity contribution is -0.137. The molecule has 0 spiro atoms. The number of aliphatic carboxylic acids is 1. The van der Waals surface area contributed by atoms with Crippen LogP contribution in [0.15, 0.2) is 12.4 Å². The summed E-state index contributed by atoms with van der Waals surface area (Å²) in [6.07, 6.45) is 4.46. The quantitative estimate of drug-likeness (QED) is 0.720. The Bertz CT molecular complexity index is 370. The van der Waals surface area contributed by atoms with Crippen molar-refractivity contribution in [2.45, 2.75) is 26.2 Å². The molecule has 0 unspecified atom stereocenters. The van der Waals surface area contributed by atoms with Crippen LogP contribution in [-0.2, 0) is 16.0 Å². The lowest BCUT2D eigenvalue weighted by Gasteiger charge is -2.02. The molecule has 2 N–H and O–H groups in total. The highest BCUT2D eigenvalue weighted by atomic mass is 16.5. The predicted octanol–water partition coefficient (Wildman–Crippen LogP) is 1.60. The van der Waals surface area contributed by atoms with Gasteiger partial charge in [0.25, 0.3) is 0 Å². The molecule has 0 aliphatic carbocycles. The van der Waals surface area contributed by atoms with E-state index in [4.69, 9.17) is 9.84 Å². The number of hydrogen-bond donors (Lipinski definition) is 2. The van der Waals surface area contributed by atoms with E-state index in [1.807, 2.05) is 0 Å². The van der Waals surface area contributed by atoms with E-state index in [1.54, 1.807) is 19.3 Å². The van der Waals surface area contributed by atoms with Gasteiger partial charge in [0.05, 0.1) is 12.2 Å². The summed E-state index contributed by atoms with van der Waals surface area (Å²) in [5, 5.41) is 8.51. The number of H-pyrrole nitrogens is 1. The zero-order valence-corrected chi connectivity index (χ0v) is 9.16. The number of aromatic amines is 1. The Morgan fingerprint density at radius 3 is 2.81 bits per heavy atom. The van der Waals surface area contributed by atoms with Crippen LogP contribution >= 0.6 is 0 Å². The average molecular weight is 225 g/mol. The van der Waals surface area contributed by atoms with E-state index in [9.17, 15) is 9.59 Å². The van der Waals surface area contributed by atoms with Gasteiger partial charge >= 0.3 is 11.9 Å². The molecular weight excluding hydrogens is 210 g/mol. The summed E-state index contributed by atoms with van der Waals surface area (Å²) in [5.74, 6) is -1.19. The van der Waals surface area contributed by atoms with E-state index in [1.165, 1.54) is 0 Å². The Balaban J connectivity index is 2.56. The SMILES string of the molecule is CCOC(=O)c1c[nH]cc1CCCC(=O)O. The first kappa shape index (κ1) is 12.3. The van der Waals surface area contributed by atoms with Crippen LogP contribution in [0.25, 0.3) is 0 Å². The number of rotatable bonds is 6. The van der Waals surface area contributed by atoms with Gasteiger partial charge < -0.3 is 14.8 Å². The molecule has 0 saturated heterocycles. The van der Waals surface area contributed by atoms with E-state index in [2.05, 4.69) is 4.98 Å². The van der Waals surface area contributed by atoms with E-state index < -0.39 is 5.97 Å². The molecule has 88 valence electrons. The molecule has 1 heterocycles. The lowest BCUT2D eigenvalue weighted by atomic mass is 10.1. The van der Waals surface area contributed by atoms with E-state index in [0.29, 0.717) is 25.0 Å². The van der Waals surface area contributed by atoms with Crippen molar-refractivity contribution in [1.29, 1.82) is 0 Å². The molecular formula is C11H15NO4. The number of carboxylic acids is 1. The largest absolute Gasteiger partial charge is 0.481 e. The fourth-order valence-electron chi connectivity index (χ4n) is 1.43. The Kier molecular flexibility index (Phi) is 4.57. The molecule has 1 rings (SSSR count). The van der Waals surface area contributed by atoms with Crippen LogP contribution in [0, 0.1) is 0 Å². The van der Waals surface area contributed by atoms with Crippen LogP contribution in [0.2, 0.25) is 0 Å². The molecule has 0 fully saturated rings. The molecule has 0 aliphatic rings. The van der Waals surface area contributed by atoms with Gasteiger partial charge in [-0.05, 0) is 25.3 Å². The molecule has 0 radical (unpaired) electrons. The van der Waals surface area contributed by atoms with Crippen LogP contribution in [0.4, 0.5) is 0 Å². The average Bonchev–Trinajstić information content (AvgIpc) is 2.66. The molecule has 0 atom stereocenters. The second kappa shape index (κ2) is 5.95. The highest BCUT2D eigenvalue weighted by Crippen LogP contribution is 2.12. The summed E-state index contributed by atoms with van der Waals surface area (Å²) in [6.45, 7) is 2.08. The summed E-state index contributed by atoms with van der Waals surface area (Å²) >= 11 is 0. The smallest absolute Gasteiger partial charge is 0.339 e. The Hall–Kier alpha value is -1.78. The maximum absolute atomic E-state index is 11.5. The molecule has 1 aromatic rings. The maximum atomic E-state index is 11.5. The third-order valence-corrected chi connectivity index (χ3v) is 2.16. The Labute approximate surface area is 93.4 Å². The van der Waals surface area contributed by atoms with E-state index in [-0.39, 0.29) is 12.4 Å². The number of carbonyl (C=O) groups excluding carboxylic acids is 1. The summed E-state index contributed by atoms with van der Waals surface area (Å²) < 4.78 is 4.88. The van der Waals surface area contributed by atoms with Crippen LogP contribution in [0.5, 0.6) is 0 Å². The first-order valence-electron chi connectivity index (χ1n) is 5.19. The molecule has 5 heteroatoms. The first-order valence-corrected chi connectivity index (χ1v) is 5.19. The summed E-state index contributed by atoms with van der Waals surface area (Å²) in [5.41, 5.74) is 1.30. The first-order chi connectivity index (χ1) is 7.65. The third kappa shape index (κ3) is 3.42. The van der Waals surface area contributed by atoms with Gasteiger partial charge in [-0.3, -0.25) is 4.79 Å². The van der Waals surface area contributed by atoms with Crippen LogP contribution < -0.4 is 0 Å². The lowest BCUT2D eigenvalue weighted by Crippen LogP contribution is -2.06. The molecule has 0 aromatic carbocycles. The summed E-state index contributed by atoms with van der Waals surface area (Å²) in [6, 6.07) is 0. The topological polar surface area (TPSA) is 79.4 Å². The van der Waals surface area contributed by atoms with Gasteiger partial charge in [-0.15, -0.1) is 0 Å². The molecule has 5 nitrogen and oxygen atoms in total. The van der Waals surface area contributed by atoms with Crippen molar-refractivity contribution in [3.8, 4) is 0 Å². The minimum atomic E-state index is -0.826. The van der Waals surface area contributed by atoms with Crippen molar-refractivity contribution in [2.24, 2.45) is 0 Å². The van der Waals surface area contributed by atoms with Crippen molar-refractivity contribution in [2.75, 3.05) is 6.61 Å². The zero-order valence-electron chi connectivity index (χ0n) is 9.16. The number of hydrogen-bond acceptors (Lipinski definition) is 3. The van der Waals surface area contributed by atoms with Crippen LogP contribution in [0.3, 0.4) is 0 Å². The van der Waals surface area contributed by atoms with Crippen molar-refractivity contribution in [3.05, 3.63) is 23.5 Å². The van der Waals surface area contributed by atoms with Gasteiger partial charge in [0.2, 0.25) is 0 Å². The fraction of sp³-hybridized carbons (Fsp3) is 0.455. The van der Waals surface area contributed by atoms with Crippen molar-refractivity contribution < 1.29 is 19.4 Å². The third-order valence-electron chi connectivity index (χ3n) is 2.16. The highest BCUT2D eigenvalue weighted by molar-refractivity contribution is 5.90. The zero-order chi connectivity index (χ0) is 12.0. The number of aromatic nitrogens is 1. The standard InChI is InChI=1S/C11H15NO4/c1-2-16-11(15)9-7-12-6-8(9)4-3-5-10(13)14/h6-7,12H,2-5H2,1H3,(H,13,14). The van der Waals surface area contributed by atoms with Gasteiger partial charge in [0.15, 0.2) is 0 Å². The second-order valence-electron chi connectivity index (χ2n) is 3.36. The second-order valence-corrected chi connectivity index (χ2v) is 3.36. The molecule has 0 amide bonds. The van der Waals surface area contributed by atoms with E-state index in [0.717, 1.165) is 5.56 Å². The Morgan fingerprint density at radius 1 is 1.44 bits per heavy atom. The molecule has 0 bridgehead atoms. The normalized spacial score (nSPS) is 10.1. The van der Waals surface area contributed by atoms with E-state index >= 15 is 0 Å². The van der Waals surface area contributed by atoms with Crippen molar-refractivity contribution >= 4 is 11.9 Å². The molecule has 16 heavy (non-hydrogen) atoms. The number of aryl methyl sites for hydroxylation is 1. The summed E-state index contributed by atoms with van der Waals surface area (Å²) in [7, 11) is 0. The minimum Gasteiger partial charge on any atom is -0.481 e. The monoisotopic (exact) mass is 225 g/mol. The van der Waals surface area contributed by atoms with Crippen molar-refractivity contribution in [1.82, 2.24) is 4.98 Å². The number of carboxylic acid groups (broad SMARTS) is 1. The van der Waals surface area contributed by atoms with Gasteiger partial charge in [0.1, 0.15) is 0 Å². The number of nitrogens with one attached hydrogen (secondary N) is 1. The van der Waals surface area contributed by atoms with Crippen molar-refractivity contribution in [3.63, 3.8) is 0 Å². The fourth-order valence-corrected chi connectivity index (χ4v) is 1.43. The van der Waals surface area contributed by atoms with Gasteiger partial charge in [0, 0.05) is 18.8 Å². The maximum Gasteiger partial charge on any atom is 0.339 e. The minimum absolute atomic E-state index is 0.105. The van der Waals surface area contributed by atoms with Gasteiger partial charge in [-0.2, -0.15) is 0 Å². The number of carbonyl (C=O) groups is 2. The van der Waals surface area contributed by atoms with Gasteiger partial charge in [-0.1, -0.05) is 0 Å². The van der Waals surface area contributed by atoms with Crippen LogP contribution in [-0.4, -0.2) is 28.6 Å². The number of ether oxygens (including phenoxy) is 1. The van der Waals surface area contributed by atoms with Crippen LogP contribution in [0.1, 0.15) is 35.7 Å². The molecule has 0 saturated carbocycles. The highest BCUT2D eigenvalue weighted by Gasteiger charge is 2.13. The molecule has 0 aliphatic heterocycles. The number of esters is 1.